The monoisotopic (exact) mass is 290 g/mol. The molecule has 0 spiro atoms. The Kier molecular flexibility index (Phi) is 3.35. The van der Waals surface area contributed by atoms with Gasteiger partial charge >= 0.3 is 0 Å². The van der Waals surface area contributed by atoms with Gasteiger partial charge in [0.15, 0.2) is 0 Å². The van der Waals surface area contributed by atoms with E-state index in [2.05, 4.69) is 27.3 Å². The Hall–Kier alpha value is -2.62. The second-order valence-corrected chi connectivity index (χ2v) is 5.57. The molecule has 110 valence electrons. The van der Waals surface area contributed by atoms with Crippen LogP contribution in [-0.2, 0) is 0 Å². The molecule has 1 aromatic heterocycles. The third-order valence-corrected chi connectivity index (χ3v) is 4.02. The highest BCUT2D eigenvalue weighted by Gasteiger charge is 2.17. The zero-order valence-corrected chi connectivity index (χ0v) is 12.4. The van der Waals surface area contributed by atoms with E-state index in [9.17, 15) is 0 Å². The smallest absolute Gasteiger partial charge is 0.229 e. The number of fused-ring (bicyclic) bond motifs is 1. The van der Waals surface area contributed by atoms with E-state index in [0.717, 1.165) is 35.5 Å². The number of hydrogen-bond acceptors (Lipinski definition) is 4. The summed E-state index contributed by atoms with van der Waals surface area (Å²) in [7, 11) is 0. The minimum atomic E-state index is 0.659. The van der Waals surface area contributed by atoms with Gasteiger partial charge in [-0.05, 0) is 37.1 Å². The maximum absolute atomic E-state index is 4.78. The molecule has 2 heterocycles. The van der Waals surface area contributed by atoms with Crippen LogP contribution in [0.1, 0.15) is 12.8 Å². The molecule has 0 unspecified atom stereocenters. The molecule has 0 saturated carbocycles. The van der Waals surface area contributed by atoms with Crippen LogP contribution in [-0.4, -0.2) is 23.1 Å². The highest BCUT2D eigenvalue weighted by molar-refractivity contribution is 5.90. The normalized spacial score (nSPS) is 14.5. The van der Waals surface area contributed by atoms with Crippen molar-refractivity contribution in [3.05, 3.63) is 54.6 Å². The summed E-state index contributed by atoms with van der Waals surface area (Å²) in [6, 6.07) is 18.3. The molecule has 1 aliphatic heterocycles. The first-order chi connectivity index (χ1) is 10.9. The summed E-state index contributed by atoms with van der Waals surface area (Å²) in [4.78, 5) is 11.8. The molecule has 0 aliphatic carbocycles. The molecule has 3 aromatic rings. The number of anilines is 3. The first kappa shape index (κ1) is 13.1. The number of hydrogen-bond donors (Lipinski definition) is 1. The van der Waals surface area contributed by atoms with E-state index in [1.54, 1.807) is 0 Å². The maximum Gasteiger partial charge on any atom is 0.229 e. The minimum Gasteiger partial charge on any atom is -0.356 e. The van der Waals surface area contributed by atoms with Crippen molar-refractivity contribution in [2.45, 2.75) is 12.8 Å². The Bertz CT molecular complexity index is 779. The molecule has 4 rings (SSSR count). The quantitative estimate of drug-likeness (QED) is 0.792. The molecular formula is C18H18N4. The lowest BCUT2D eigenvalue weighted by molar-refractivity contribution is 0.941. The summed E-state index contributed by atoms with van der Waals surface area (Å²) in [6.45, 7) is 2.15. The molecule has 0 bridgehead atoms. The summed E-state index contributed by atoms with van der Waals surface area (Å²) in [5.41, 5.74) is 1.99. The molecule has 4 nitrogen and oxygen atoms in total. The van der Waals surface area contributed by atoms with Crippen LogP contribution in [0.3, 0.4) is 0 Å². The minimum absolute atomic E-state index is 0.659. The maximum atomic E-state index is 4.78. The first-order valence-corrected chi connectivity index (χ1v) is 7.74. The van der Waals surface area contributed by atoms with Crippen LogP contribution in [0, 0.1) is 0 Å². The summed E-state index contributed by atoms with van der Waals surface area (Å²) in [6.07, 6.45) is 2.47. The Morgan fingerprint density at radius 3 is 2.36 bits per heavy atom. The van der Waals surface area contributed by atoms with Gasteiger partial charge in [0.05, 0.1) is 5.52 Å². The van der Waals surface area contributed by atoms with Gasteiger partial charge in [-0.2, -0.15) is 4.98 Å². The zero-order chi connectivity index (χ0) is 14.8. The average molecular weight is 290 g/mol. The van der Waals surface area contributed by atoms with Crippen molar-refractivity contribution >= 4 is 28.4 Å². The Labute approximate surface area is 129 Å². The van der Waals surface area contributed by atoms with Gasteiger partial charge in [0.25, 0.3) is 0 Å². The largest absolute Gasteiger partial charge is 0.356 e. The Morgan fingerprint density at radius 1 is 0.818 bits per heavy atom. The number of benzene rings is 2. The van der Waals surface area contributed by atoms with E-state index in [1.165, 1.54) is 12.8 Å². The molecule has 1 N–H and O–H groups in total. The topological polar surface area (TPSA) is 41.1 Å². The molecule has 1 fully saturated rings. The van der Waals surface area contributed by atoms with Crippen LogP contribution in [0.4, 0.5) is 17.5 Å². The van der Waals surface area contributed by atoms with Gasteiger partial charge in [-0.15, -0.1) is 0 Å². The Morgan fingerprint density at radius 2 is 1.55 bits per heavy atom. The van der Waals surface area contributed by atoms with Crippen molar-refractivity contribution in [3.8, 4) is 0 Å². The lowest BCUT2D eigenvalue weighted by Gasteiger charge is -2.19. The summed E-state index contributed by atoms with van der Waals surface area (Å²) in [5.74, 6) is 1.70. The molecule has 1 aliphatic rings. The van der Waals surface area contributed by atoms with Crippen molar-refractivity contribution < 1.29 is 0 Å². The van der Waals surface area contributed by atoms with Gasteiger partial charge in [-0.1, -0.05) is 30.3 Å². The van der Waals surface area contributed by atoms with Crippen molar-refractivity contribution in [2.24, 2.45) is 0 Å². The number of rotatable bonds is 3. The number of nitrogens with zero attached hydrogens (tertiary/aromatic N) is 3. The van der Waals surface area contributed by atoms with E-state index in [0.29, 0.717) is 5.95 Å². The zero-order valence-electron chi connectivity index (χ0n) is 12.4. The predicted molar refractivity (Wildman–Crippen MR) is 90.7 cm³/mol. The summed E-state index contributed by atoms with van der Waals surface area (Å²) >= 11 is 0. The summed E-state index contributed by atoms with van der Waals surface area (Å²) < 4.78 is 0. The van der Waals surface area contributed by atoms with Crippen molar-refractivity contribution in [1.29, 1.82) is 0 Å². The third-order valence-electron chi connectivity index (χ3n) is 4.02. The van der Waals surface area contributed by atoms with Crippen LogP contribution < -0.4 is 10.2 Å². The molecule has 1 saturated heterocycles. The van der Waals surface area contributed by atoms with Crippen molar-refractivity contribution in [2.75, 3.05) is 23.3 Å². The fourth-order valence-electron chi connectivity index (χ4n) is 2.94. The molecule has 0 atom stereocenters. The van der Waals surface area contributed by atoms with Crippen LogP contribution in [0.25, 0.3) is 10.9 Å². The highest BCUT2D eigenvalue weighted by atomic mass is 15.2. The van der Waals surface area contributed by atoms with Gasteiger partial charge in [0.2, 0.25) is 5.95 Å². The van der Waals surface area contributed by atoms with Crippen LogP contribution in [0.15, 0.2) is 54.6 Å². The number of aromatic nitrogens is 2. The van der Waals surface area contributed by atoms with Gasteiger partial charge in [-0.3, -0.25) is 0 Å². The average Bonchev–Trinajstić information content (AvgIpc) is 3.09. The van der Waals surface area contributed by atoms with Crippen LogP contribution in [0.5, 0.6) is 0 Å². The highest BCUT2D eigenvalue weighted by Crippen LogP contribution is 2.28. The molecule has 0 radical (unpaired) electrons. The number of nitrogens with one attached hydrogen (secondary N) is 1. The Balaban J connectivity index is 1.79. The standard InChI is InChI=1S/C18H18N4/c1-2-8-14(9-3-1)19-18-20-16-11-5-4-10-15(16)17(21-18)22-12-6-7-13-22/h1-5,8-11H,6-7,12-13H2,(H,19,20,21). The predicted octanol–water partition coefficient (Wildman–Crippen LogP) is 3.97. The fraction of sp³-hybridized carbons (Fsp3) is 0.222. The van der Waals surface area contributed by atoms with E-state index in [4.69, 9.17) is 4.98 Å². The first-order valence-electron chi connectivity index (χ1n) is 7.74. The third kappa shape index (κ3) is 2.48. The van der Waals surface area contributed by atoms with Crippen molar-refractivity contribution in [3.63, 3.8) is 0 Å². The van der Waals surface area contributed by atoms with E-state index in [1.807, 2.05) is 42.5 Å². The molecule has 2 aromatic carbocycles. The lowest BCUT2D eigenvalue weighted by atomic mass is 10.2. The van der Waals surface area contributed by atoms with E-state index in [-0.39, 0.29) is 0 Å². The second-order valence-electron chi connectivity index (χ2n) is 5.57. The van der Waals surface area contributed by atoms with E-state index < -0.39 is 0 Å². The molecule has 0 amide bonds. The fourth-order valence-corrected chi connectivity index (χ4v) is 2.94. The number of para-hydroxylation sites is 2. The van der Waals surface area contributed by atoms with Crippen molar-refractivity contribution in [1.82, 2.24) is 9.97 Å². The van der Waals surface area contributed by atoms with Gasteiger partial charge in [0, 0.05) is 24.2 Å². The second kappa shape index (κ2) is 5.64. The summed E-state index contributed by atoms with van der Waals surface area (Å²) in [5, 5.41) is 4.44. The van der Waals surface area contributed by atoms with Gasteiger partial charge in [0.1, 0.15) is 5.82 Å². The van der Waals surface area contributed by atoms with Crippen LogP contribution >= 0.6 is 0 Å². The lowest BCUT2D eigenvalue weighted by Crippen LogP contribution is -2.20. The molecule has 4 heteroatoms. The van der Waals surface area contributed by atoms with Gasteiger partial charge in [-0.25, -0.2) is 4.98 Å². The molecule has 22 heavy (non-hydrogen) atoms. The molecular weight excluding hydrogens is 272 g/mol. The van der Waals surface area contributed by atoms with Crippen LogP contribution in [0.2, 0.25) is 0 Å². The SMILES string of the molecule is c1ccc(Nc2nc(N3CCCC3)c3ccccc3n2)cc1. The van der Waals surface area contributed by atoms with E-state index >= 15 is 0 Å². The van der Waals surface area contributed by atoms with Gasteiger partial charge < -0.3 is 10.2 Å².